The van der Waals surface area contributed by atoms with E-state index in [2.05, 4.69) is 21.4 Å². The molecule has 26 heavy (non-hydrogen) atoms. The lowest BCUT2D eigenvalue weighted by atomic mass is 10.0. The van der Waals surface area contributed by atoms with E-state index in [1.54, 1.807) is 29.3 Å². The average molecular weight is 387 g/mol. The Hall–Kier alpha value is -2.50. The molecule has 1 aliphatic heterocycles. The second-order valence-electron chi connectivity index (χ2n) is 6.09. The van der Waals surface area contributed by atoms with E-state index in [0.717, 1.165) is 23.0 Å². The van der Waals surface area contributed by atoms with Gasteiger partial charge in [-0.1, -0.05) is 29.3 Å². The van der Waals surface area contributed by atoms with Crippen molar-refractivity contribution >= 4 is 51.5 Å². The number of carbonyl (C=O) groups is 1. The van der Waals surface area contributed by atoms with Gasteiger partial charge in [-0.15, -0.1) is 0 Å². The van der Waals surface area contributed by atoms with Crippen LogP contribution in [0.3, 0.4) is 0 Å². The highest BCUT2D eigenvalue weighted by Gasteiger charge is 2.20. The summed E-state index contributed by atoms with van der Waals surface area (Å²) < 4.78 is 0. The first-order chi connectivity index (χ1) is 12.6. The van der Waals surface area contributed by atoms with Crippen molar-refractivity contribution in [1.29, 1.82) is 0 Å². The highest BCUT2D eigenvalue weighted by Crippen LogP contribution is 2.28. The van der Waals surface area contributed by atoms with Crippen LogP contribution in [0, 0.1) is 0 Å². The zero-order valence-electron chi connectivity index (χ0n) is 13.8. The van der Waals surface area contributed by atoms with Crippen LogP contribution >= 0.6 is 23.2 Å². The fourth-order valence-corrected chi connectivity index (χ4v) is 3.37. The normalized spacial score (nSPS) is 14.4. The lowest BCUT2D eigenvalue weighted by Crippen LogP contribution is -2.37. The van der Waals surface area contributed by atoms with Crippen molar-refractivity contribution in [3.05, 3.63) is 64.4 Å². The van der Waals surface area contributed by atoms with Crippen LogP contribution in [0.4, 0.5) is 10.5 Å². The molecular formula is C19H16Cl2N4O. The third-order valence-electron chi connectivity index (χ3n) is 4.45. The van der Waals surface area contributed by atoms with Gasteiger partial charge in [0.25, 0.3) is 0 Å². The maximum absolute atomic E-state index is 12.5. The number of hydrogen-bond donors (Lipinski definition) is 2. The van der Waals surface area contributed by atoms with Crippen molar-refractivity contribution in [2.45, 2.75) is 6.42 Å². The number of fused-ring (bicyclic) bond motifs is 1. The number of amides is 2. The molecule has 0 fully saturated rings. The van der Waals surface area contributed by atoms with E-state index < -0.39 is 0 Å². The Kier molecular flexibility index (Phi) is 4.57. The summed E-state index contributed by atoms with van der Waals surface area (Å²) in [5, 5.41) is 3.73. The molecule has 3 heterocycles. The molecule has 0 saturated carbocycles. The average Bonchev–Trinajstić information content (AvgIpc) is 3.09. The van der Waals surface area contributed by atoms with E-state index >= 15 is 0 Å². The smallest absolute Gasteiger partial charge is 0.322 e. The van der Waals surface area contributed by atoms with Crippen LogP contribution in [0.1, 0.15) is 12.0 Å². The molecule has 0 saturated heterocycles. The first kappa shape index (κ1) is 16.9. The van der Waals surface area contributed by atoms with Crippen molar-refractivity contribution < 1.29 is 4.79 Å². The predicted octanol–water partition coefficient (Wildman–Crippen LogP) is 5.19. The molecular weight excluding hydrogens is 371 g/mol. The zero-order chi connectivity index (χ0) is 18.1. The van der Waals surface area contributed by atoms with Crippen molar-refractivity contribution in [3.63, 3.8) is 0 Å². The Morgan fingerprint density at radius 3 is 2.88 bits per heavy atom. The second kappa shape index (κ2) is 7.02. The van der Waals surface area contributed by atoms with Crippen molar-refractivity contribution in [1.82, 2.24) is 14.9 Å². The van der Waals surface area contributed by atoms with Gasteiger partial charge in [-0.05, 0) is 42.3 Å². The first-order valence-electron chi connectivity index (χ1n) is 8.24. The maximum Gasteiger partial charge on any atom is 0.322 e. The summed E-state index contributed by atoms with van der Waals surface area (Å²) >= 11 is 11.9. The molecule has 0 bridgehead atoms. The molecule has 1 aromatic carbocycles. The first-order valence-corrected chi connectivity index (χ1v) is 9.00. The van der Waals surface area contributed by atoms with Crippen molar-refractivity contribution in [2.24, 2.45) is 0 Å². The lowest BCUT2D eigenvalue weighted by molar-refractivity contribution is 0.217. The van der Waals surface area contributed by atoms with Gasteiger partial charge in [0.2, 0.25) is 0 Å². The van der Waals surface area contributed by atoms with Crippen LogP contribution in [-0.2, 0) is 0 Å². The summed E-state index contributed by atoms with van der Waals surface area (Å²) in [5.74, 6) is 0. The monoisotopic (exact) mass is 386 g/mol. The Morgan fingerprint density at radius 2 is 2.12 bits per heavy atom. The fraction of sp³-hybridized carbons (Fsp3) is 0.158. The summed E-state index contributed by atoms with van der Waals surface area (Å²) in [6.07, 6.45) is 6.63. The number of rotatable bonds is 2. The number of aromatic nitrogens is 2. The van der Waals surface area contributed by atoms with Gasteiger partial charge in [0, 0.05) is 36.7 Å². The number of H-pyrrole nitrogens is 1. The Labute approximate surface area is 160 Å². The van der Waals surface area contributed by atoms with Gasteiger partial charge in [-0.3, -0.25) is 4.98 Å². The lowest BCUT2D eigenvalue weighted by Gasteiger charge is -2.26. The minimum absolute atomic E-state index is 0.157. The Bertz CT molecular complexity index is 1010. The number of pyridine rings is 1. The van der Waals surface area contributed by atoms with E-state index in [4.69, 9.17) is 23.2 Å². The number of halogens is 2. The summed E-state index contributed by atoms with van der Waals surface area (Å²) in [7, 11) is 0. The van der Waals surface area contributed by atoms with Crippen LogP contribution in [0.5, 0.6) is 0 Å². The van der Waals surface area contributed by atoms with Gasteiger partial charge in [-0.2, -0.15) is 0 Å². The largest absolute Gasteiger partial charge is 0.359 e. The number of anilines is 1. The fourth-order valence-electron chi connectivity index (χ4n) is 3.07. The predicted molar refractivity (Wildman–Crippen MR) is 106 cm³/mol. The van der Waals surface area contributed by atoms with E-state index in [-0.39, 0.29) is 6.03 Å². The number of urea groups is 1. The quantitative estimate of drug-likeness (QED) is 0.636. The summed E-state index contributed by atoms with van der Waals surface area (Å²) in [5.41, 5.74) is 4.91. The molecule has 1 aliphatic rings. The van der Waals surface area contributed by atoms with Crippen LogP contribution in [0.2, 0.25) is 10.0 Å². The molecule has 0 atom stereocenters. The Morgan fingerprint density at radius 1 is 1.23 bits per heavy atom. The van der Waals surface area contributed by atoms with Crippen molar-refractivity contribution in [3.8, 4) is 0 Å². The molecule has 5 nitrogen and oxygen atoms in total. The van der Waals surface area contributed by atoms with Gasteiger partial charge < -0.3 is 15.2 Å². The van der Waals surface area contributed by atoms with Crippen LogP contribution in [-0.4, -0.2) is 34.0 Å². The standard InChI is InChI=1S/C19H16Cl2N4O/c20-15-4-3-13(10-16(15)21)24-19(26)25-8-5-12(6-9-25)14-11-23-17-2-1-7-22-18(14)17/h1-5,7,10-11,23H,6,8-9H2,(H,24,26). The molecule has 2 aromatic heterocycles. The molecule has 0 spiro atoms. The van der Waals surface area contributed by atoms with E-state index in [0.29, 0.717) is 28.8 Å². The number of hydrogen-bond acceptors (Lipinski definition) is 2. The van der Waals surface area contributed by atoms with E-state index in [1.165, 1.54) is 5.57 Å². The summed E-state index contributed by atoms with van der Waals surface area (Å²) in [6, 6.07) is 8.80. The number of aromatic amines is 1. The molecule has 7 heteroatoms. The van der Waals surface area contributed by atoms with Crippen LogP contribution < -0.4 is 5.32 Å². The summed E-state index contributed by atoms with van der Waals surface area (Å²) in [6.45, 7) is 1.18. The number of carbonyl (C=O) groups excluding carboxylic acids is 1. The zero-order valence-corrected chi connectivity index (χ0v) is 15.3. The molecule has 2 amide bonds. The Balaban J connectivity index is 1.46. The topological polar surface area (TPSA) is 61.0 Å². The van der Waals surface area contributed by atoms with Gasteiger partial charge in [0.05, 0.1) is 21.1 Å². The number of benzene rings is 1. The third kappa shape index (κ3) is 3.28. The molecule has 4 rings (SSSR count). The van der Waals surface area contributed by atoms with Gasteiger partial charge in [-0.25, -0.2) is 4.79 Å². The maximum atomic E-state index is 12.5. The van der Waals surface area contributed by atoms with Crippen molar-refractivity contribution in [2.75, 3.05) is 18.4 Å². The van der Waals surface area contributed by atoms with Gasteiger partial charge in [0.15, 0.2) is 0 Å². The number of nitrogens with zero attached hydrogens (tertiary/aromatic N) is 2. The minimum Gasteiger partial charge on any atom is -0.359 e. The molecule has 0 aliphatic carbocycles. The number of nitrogens with one attached hydrogen (secondary N) is 2. The van der Waals surface area contributed by atoms with E-state index in [1.807, 2.05) is 18.3 Å². The highest BCUT2D eigenvalue weighted by molar-refractivity contribution is 6.42. The molecule has 3 aromatic rings. The van der Waals surface area contributed by atoms with Gasteiger partial charge >= 0.3 is 6.03 Å². The SMILES string of the molecule is O=C(Nc1ccc(Cl)c(Cl)c1)N1CC=C(c2c[nH]c3cccnc23)CC1. The molecule has 132 valence electrons. The second-order valence-corrected chi connectivity index (χ2v) is 6.90. The van der Waals surface area contributed by atoms with Crippen LogP contribution in [0.15, 0.2) is 48.8 Å². The highest BCUT2D eigenvalue weighted by atomic mass is 35.5. The molecule has 0 radical (unpaired) electrons. The molecule has 2 N–H and O–H groups in total. The molecule has 0 unspecified atom stereocenters. The summed E-state index contributed by atoms with van der Waals surface area (Å²) in [4.78, 5) is 21.9. The minimum atomic E-state index is -0.157. The third-order valence-corrected chi connectivity index (χ3v) is 5.19. The van der Waals surface area contributed by atoms with Crippen LogP contribution in [0.25, 0.3) is 16.6 Å². The van der Waals surface area contributed by atoms with E-state index in [9.17, 15) is 4.79 Å². The van der Waals surface area contributed by atoms with Gasteiger partial charge in [0.1, 0.15) is 0 Å².